The van der Waals surface area contributed by atoms with Crippen LogP contribution in [0.3, 0.4) is 0 Å². The van der Waals surface area contributed by atoms with E-state index in [9.17, 15) is 0 Å². The molecule has 0 atom stereocenters. The molecule has 0 radical (unpaired) electrons. The molecule has 1 N–H and O–H groups in total. The van der Waals surface area contributed by atoms with Crippen molar-refractivity contribution >= 4 is 0 Å². The highest BCUT2D eigenvalue weighted by Crippen LogP contribution is 2.50. The van der Waals surface area contributed by atoms with Crippen LogP contribution in [0.25, 0.3) is 0 Å². The second-order valence-corrected chi connectivity index (χ2v) is 8.42. The van der Waals surface area contributed by atoms with E-state index in [-0.39, 0.29) is 0 Å². The van der Waals surface area contributed by atoms with Gasteiger partial charge in [-0.15, -0.1) is 0 Å². The Hall–Kier alpha value is -0.830. The summed E-state index contributed by atoms with van der Waals surface area (Å²) in [6.45, 7) is 14.0. The minimum atomic E-state index is 0.433. The second-order valence-electron chi connectivity index (χ2n) is 8.42. The van der Waals surface area contributed by atoms with Crippen molar-refractivity contribution < 1.29 is 0 Å². The van der Waals surface area contributed by atoms with Crippen LogP contribution in [-0.2, 0) is 13.0 Å². The molecule has 0 saturated heterocycles. The normalized spacial score (nSPS) is 25.4. The summed E-state index contributed by atoms with van der Waals surface area (Å²) in [4.78, 5) is 4.82. The Morgan fingerprint density at radius 2 is 1.80 bits per heavy atom. The molecule has 3 rings (SSSR count). The number of aromatic nitrogens is 2. The zero-order chi connectivity index (χ0) is 14.5. The van der Waals surface area contributed by atoms with Gasteiger partial charge in [0.15, 0.2) is 0 Å². The monoisotopic (exact) mass is 275 g/mol. The standard InChI is InChI=1S/C17H29N3/c1-12-19-14-10-18-7-6-15(14)20(12)13-8-16(2,3)11-17(4,5)9-13/h13,18H,6-11H2,1-5H3. The Morgan fingerprint density at radius 1 is 1.15 bits per heavy atom. The lowest BCUT2D eigenvalue weighted by molar-refractivity contribution is 0.0703. The Labute approximate surface area is 123 Å². The first-order valence-corrected chi connectivity index (χ1v) is 8.05. The number of nitrogens with zero attached hydrogens (tertiary/aromatic N) is 2. The lowest BCUT2D eigenvalue weighted by atomic mass is 9.63. The van der Waals surface area contributed by atoms with Crippen molar-refractivity contribution in [3.8, 4) is 0 Å². The van der Waals surface area contributed by atoms with E-state index >= 15 is 0 Å². The summed E-state index contributed by atoms with van der Waals surface area (Å²) in [5.74, 6) is 1.22. The van der Waals surface area contributed by atoms with E-state index in [1.165, 1.54) is 36.5 Å². The van der Waals surface area contributed by atoms with Crippen molar-refractivity contribution in [1.82, 2.24) is 14.9 Å². The van der Waals surface area contributed by atoms with Crippen molar-refractivity contribution in [2.75, 3.05) is 6.54 Å². The zero-order valence-electron chi connectivity index (χ0n) is 13.7. The minimum Gasteiger partial charge on any atom is -0.329 e. The van der Waals surface area contributed by atoms with Crippen LogP contribution in [0.15, 0.2) is 0 Å². The summed E-state index contributed by atoms with van der Waals surface area (Å²) in [5.41, 5.74) is 3.65. The average Bonchev–Trinajstić information content (AvgIpc) is 2.60. The molecule has 1 aromatic heterocycles. The van der Waals surface area contributed by atoms with Crippen LogP contribution in [0.5, 0.6) is 0 Å². The maximum Gasteiger partial charge on any atom is 0.106 e. The lowest BCUT2D eigenvalue weighted by Crippen LogP contribution is -2.36. The summed E-state index contributed by atoms with van der Waals surface area (Å²) >= 11 is 0. The molecule has 0 aromatic carbocycles. The summed E-state index contributed by atoms with van der Waals surface area (Å²) in [5, 5.41) is 3.44. The Kier molecular flexibility index (Phi) is 3.24. The largest absolute Gasteiger partial charge is 0.329 e. The number of aryl methyl sites for hydroxylation is 1. The molecule has 112 valence electrons. The van der Waals surface area contributed by atoms with Gasteiger partial charge in [0.25, 0.3) is 0 Å². The Balaban J connectivity index is 1.98. The van der Waals surface area contributed by atoms with E-state index < -0.39 is 0 Å². The van der Waals surface area contributed by atoms with E-state index in [0.717, 1.165) is 19.5 Å². The van der Waals surface area contributed by atoms with Gasteiger partial charge >= 0.3 is 0 Å². The summed E-state index contributed by atoms with van der Waals surface area (Å²) < 4.78 is 2.58. The van der Waals surface area contributed by atoms with Crippen LogP contribution in [0.2, 0.25) is 0 Å². The van der Waals surface area contributed by atoms with E-state index in [1.54, 1.807) is 0 Å². The molecule has 0 amide bonds. The number of rotatable bonds is 1. The summed E-state index contributed by atoms with van der Waals surface area (Å²) in [6, 6.07) is 0.628. The van der Waals surface area contributed by atoms with E-state index in [0.29, 0.717) is 16.9 Å². The highest BCUT2D eigenvalue weighted by atomic mass is 15.1. The first kappa shape index (κ1) is 14.1. The third kappa shape index (κ3) is 2.52. The van der Waals surface area contributed by atoms with Crippen molar-refractivity contribution in [3.63, 3.8) is 0 Å². The fourth-order valence-corrected chi connectivity index (χ4v) is 4.92. The first-order valence-electron chi connectivity index (χ1n) is 8.05. The summed E-state index contributed by atoms with van der Waals surface area (Å²) in [6.07, 6.45) is 5.03. The molecule has 1 aliphatic heterocycles. The fourth-order valence-electron chi connectivity index (χ4n) is 4.92. The highest BCUT2D eigenvalue weighted by Gasteiger charge is 2.40. The van der Waals surface area contributed by atoms with E-state index in [2.05, 4.69) is 44.5 Å². The second kappa shape index (κ2) is 4.59. The zero-order valence-corrected chi connectivity index (χ0v) is 13.7. The van der Waals surface area contributed by atoms with Crippen LogP contribution in [0.1, 0.15) is 70.2 Å². The molecule has 3 heteroatoms. The van der Waals surface area contributed by atoms with Crippen molar-refractivity contribution in [2.45, 2.75) is 72.9 Å². The van der Waals surface area contributed by atoms with Gasteiger partial charge in [0.05, 0.1) is 5.69 Å². The molecule has 2 heterocycles. The van der Waals surface area contributed by atoms with Crippen LogP contribution >= 0.6 is 0 Å². The third-order valence-electron chi connectivity index (χ3n) is 5.00. The Morgan fingerprint density at radius 3 is 2.45 bits per heavy atom. The van der Waals surface area contributed by atoms with Crippen molar-refractivity contribution in [2.24, 2.45) is 10.8 Å². The van der Waals surface area contributed by atoms with Crippen LogP contribution < -0.4 is 5.32 Å². The molecule has 1 fully saturated rings. The van der Waals surface area contributed by atoms with Gasteiger partial charge in [-0.25, -0.2) is 4.98 Å². The molecule has 2 aliphatic rings. The molecule has 0 bridgehead atoms. The van der Waals surface area contributed by atoms with Crippen molar-refractivity contribution in [1.29, 1.82) is 0 Å². The van der Waals surface area contributed by atoms with E-state index in [4.69, 9.17) is 4.98 Å². The maximum absolute atomic E-state index is 4.82. The van der Waals surface area contributed by atoms with Gasteiger partial charge in [-0.2, -0.15) is 0 Å². The molecule has 0 unspecified atom stereocenters. The van der Waals surface area contributed by atoms with E-state index in [1.807, 2.05) is 0 Å². The van der Waals surface area contributed by atoms with Gasteiger partial charge in [-0.1, -0.05) is 27.7 Å². The van der Waals surface area contributed by atoms with Gasteiger partial charge in [0.1, 0.15) is 5.82 Å². The molecule has 1 saturated carbocycles. The Bertz CT molecular complexity index is 495. The number of nitrogens with one attached hydrogen (secondary N) is 1. The van der Waals surface area contributed by atoms with Crippen LogP contribution in [-0.4, -0.2) is 16.1 Å². The van der Waals surface area contributed by atoms with Gasteiger partial charge < -0.3 is 9.88 Å². The predicted molar refractivity (Wildman–Crippen MR) is 82.8 cm³/mol. The van der Waals surface area contributed by atoms with Gasteiger partial charge in [0, 0.05) is 31.2 Å². The number of imidazole rings is 1. The van der Waals surface area contributed by atoms with Gasteiger partial charge in [-0.05, 0) is 37.0 Å². The number of fused-ring (bicyclic) bond motifs is 1. The fraction of sp³-hybridized carbons (Fsp3) is 0.824. The molecular formula is C17H29N3. The maximum atomic E-state index is 4.82. The topological polar surface area (TPSA) is 29.9 Å². The van der Waals surface area contributed by atoms with Crippen LogP contribution in [0.4, 0.5) is 0 Å². The molecular weight excluding hydrogens is 246 g/mol. The first-order chi connectivity index (χ1) is 9.27. The molecule has 1 aromatic rings. The molecule has 20 heavy (non-hydrogen) atoms. The number of hydrogen-bond donors (Lipinski definition) is 1. The lowest BCUT2D eigenvalue weighted by Gasteiger charge is -2.46. The quantitative estimate of drug-likeness (QED) is 0.848. The van der Waals surface area contributed by atoms with Crippen molar-refractivity contribution in [3.05, 3.63) is 17.2 Å². The highest BCUT2D eigenvalue weighted by molar-refractivity contribution is 5.21. The SMILES string of the molecule is Cc1nc2c(n1C1CC(C)(C)CC(C)(C)C1)CCNC2. The molecule has 0 spiro atoms. The van der Waals surface area contributed by atoms with Crippen LogP contribution in [0, 0.1) is 17.8 Å². The average molecular weight is 275 g/mol. The minimum absolute atomic E-state index is 0.433. The van der Waals surface area contributed by atoms with Gasteiger partial charge in [-0.3, -0.25) is 0 Å². The molecule has 1 aliphatic carbocycles. The summed E-state index contributed by atoms with van der Waals surface area (Å²) in [7, 11) is 0. The number of hydrogen-bond acceptors (Lipinski definition) is 2. The smallest absolute Gasteiger partial charge is 0.106 e. The third-order valence-corrected chi connectivity index (χ3v) is 5.00. The molecule has 3 nitrogen and oxygen atoms in total. The van der Waals surface area contributed by atoms with Gasteiger partial charge in [0.2, 0.25) is 0 Å². The predicted octanol–water partition coefficient (Wildman–Crippen LogP) is 3.61.